The summed E-state index contributed by atoms with van der Waals surface area (Å²) < 4.78 is 5.58. The fourth-order valence-electron chi connectivity index (χ4n) is 2.97. The number of carbonyl (C=O) groups excluding carboxylic acids is 1. The summed E-state index contributed by atoms with van der Waals surface area (Å²) in [5.74, 6) is 0. The number of ether oxygens (including phenoxy) is 1. The Hall–Kier alpha value is -1.26. The number of amides is 1. The molecule has 23 heavy (non-hydrogen) atoms. The minimum atomic E-state index is -0.502. The van der Waals surface area contributed by atoms with Crippen LogP contribution in [0.1, 0.15) is 45.6 Å². The minimum Gasteiger partial charge on any atom is -0.444 e. The Bertz CT molecular complexity index is 525. The standard InChI is InChI=1S/C18H27ClN2O2/c1-18(2,3)23-17(22)21(16-6-4-5-15(16)20)12-11-13-7-9-14(19)10-8-13/h7-10,15-16H,4-6,11-12,20H2,1-3H3. The van der Waals surface area contributed by atoms with Crippen LogP contribution in [0, 0.1) is 0 Å². The molecule has 0 heterocycles. The second-order valence-corrected chi connectivity index (χ2v) is 7.65. The van der Waals surface area contributed by atoms with E-state index in [4.69, 9.17) is 22.1 Å². The summed E-state index contributed by atoms with van der Waals surface area (Å²) in [5.41, 5.74) is 6.85. The van der Waals surface area contributed by atoms with E-state index in [1.807, 2.05) is 49.9 Å². The van der Waals surface area contributed by atoms with Crippen molar-refractivity contribution in [1.82, 2.24) is 4.90 Å². The van der Waals surface area contributed by atoms with Crippen LogP contribution in [0.3, 0.4) is 0 Å². The molecule has 2 rings (SSSR count). The molecule has 1 aromatic carbocycles. The highest BCUT2D eigenvalue weighted by Crippen LogP contribution is 2.25. The summed E-state index contributed by atoms with van der Waals surface area (Å²) in [4.78, 5) is 14.4. The minimum absolute atomic E-state index is 0.0349. The predicted molar refractivity (Wildman–Crippen MR) is 93.7 cm³/mol. The average Bonchev–Trinajstić information content (AvgIpc) is 2.85. The van der Waals surface area contributed by atoms with Crippen molar-refractivity contribution in [2.75, 3.05) is 6.54 Å². The van der Waals surface area contributed by atoms with Crippen LogP contribution in [0.25, 0.3) is 0 Å². The van der Waals surface area contributed by atoms with Gasteiger partial charge in [0.05, 0.1) is 6.04 Å². The van der Waals surface area contributed by atoms with Crippen LogP contribution < -0.4 is 5.73 Å². The van der Waals surface area contributed by atoms with Gasteiger partial charge < -0.3 is 15.4 Å². The van der Waals surface area contributed by atoms with Gasteiger partial charge in [-0.2, -0.15) is 0 Å². The summed E-state index contributed by atoms with van der Waals surface area (Å²) in [6.45, 7) is 6.26. The first-order valence-electron chi connectivity index (χ1n) is 8.26. The lowest BCUT2D eigenvalue weighted by molar-refractivity contribution is 0.0154. The molecule has 0 saturated heterocycles. The van der Waals surface area contributed by atoms with Gasteiger partial charge in [-0.1, -0.05) is 23.7 Å². The SMILES string of the molecule is CC(C)(C)OC(=O)N(CCc1ccc(Cl)cc1)C1CCCC1N. The summed E-state index contributed by atoms with van der Waals surface area (Å²) in [6.07, 6.45) is 3.46. The van der Waals surface area contributed by atoms with Gasteiger partial charge >= 0.3 is 6.09 Å². The van der Waals surface area contributed by atoms with Gasteiger partial charge in [0.15, 0.2) is 0 Å². The van der Waals surface area contributed by atoms with Crippen LogP contribution in [-0.2, 0) is 11.2 Å². The van der Waals surface area contributed by atoms with Crippen LogP contribution in [0.4, 0.5) is 4.79 Å². The monoisotopic (exact) mass is 338 g/mol. The van der Waals surface area contributed by atoms with Crippen molar-refractivity contribution in [3.05, 3.63) is 34.9 Å². The number of hydrogen-bond acceptors (Lipinski definition) is 3. The molecule has 1 saturated carbocycles. The van der Waals surface area contributed by atoms with Gasteiger partial charge in [-0.05, 0) is 64.2 Å². The normalized spacial score (nSPS) is 21.3. The van der Waals surface area contributed by atoms with E-state index in [0.717, 1.165) is 36.3 Å². The zero-order valence-electron chi connectivity index (χ0n) is 14.2. The highest BCUT2D eigenvalue weighted by molar-refractivity contribution is 6.30. The largest absolute Gasteiger partial charge is 0.444 e. The van der Waals surface area contributed by atoms with Crippen molar-refractivity contribution < 1.29 is 9.53 Å². The lowest BCUT2D eigenvalue weighted by atomic mass is 10.1. The molecule has 0 bridgehead atoms. The number of carbonyl (C=O) groups is 1. The van der Waals surface area contributed by atoms with E-state index >= 15 is 0 Å². The van der Waals surface area contributed by atoms with Crippen LogP contribution in [0.2, 0.25) is 5.02 Å². The Balaban J connectivity index is 2.06. The van der Waals surface area contributed by atoms with Crippen LogP contribution in [-0.4, -0.2) is 35.2 Å². The molecule has 1 fully saturated rings. The molecule has 1 aliphatic carbocycles. The Kier molecular flexibility index (Phi) is 5.93. The van der Waals surface area contributed by atoms with E-state index in [-0.39, 0.29) is 18.2 Å². The maximum absolute atomic E-state index is 12.6. The molecule has 0 aromatic heterocycles. The molecule has 0 aliphatic heterocycles. The van der Waals surface area contributed by atoms with Gasteiger partial charge in [-0.15, -0.1) is 0 Å². The van der Waals surface area contributed by atoms with Gasteiger partial charge in [-0.3, -0.25) is 0 Å². The van der Waals surface area contributed by atoms with Crippen molar-refractivity contribution in [2.24, 2.45) is 5.73 Å². The van der Waals surface area contributed by atoms with E-state index in [1.165, 1.54) is 0 Å². The Morgan fingerprint density at radius 3 is 2.48 bits per heavy atom. The van der Waals surface area contributed by atoms with Gasteiger partial charge in [0.1, 0.15) is 5.60 Å². The summed E-state index contributed by atoms with van der Waals surface area (Å²) >= 11 is 5.92. The maximum atomic E-state index is 12.6. The summed E-state index contributed by atoms with van der Waals surface area (Å²) in [6, 6.07) is 7.82. The molecule has 1 aromatic rings. The number of nitrogens with two attached hydrogens (primary N) is 1. The molecule has 1 amide bonds. The van der Waals surface area contributed by atoms with Gasteiger partial charge in [0.2, 0.25) is 0 Å². The highest BCUT2D eigenvalue weighted by atomic mass is 35.5. The van der Waals surface area contributed by atoms with E-state index in [9.17, 15) is 4.79 Å². The third kappa shape index (κ3) is 5.40. The van der Waals surface area contributed by atoms with Crippen LogP contribution >= 0.6 is 11.6 Å². The van der Waals surface area contributed by atoms with Crippen molar-refractivity contribution in [3.8, 4) is 0 Å². The maximum Gasteiger partial charge on any atom is 0.410 e. The van der Waals surface area contributed by atoms with Gasteiger partial charge in [0, 0.05) is 17.6 Å². The quantitative estimate of drug-likeness (QED) is 0.902. The van der Waals surface area contributed by atoms with Gasteiger partial charge in [0.25, 0.3) is 0 Å². The topological polar surface area (TPSA) is 55.6 Å². The molecule has 4 nitrogen and oxygen atoms in total. The van der Waals surface area contributed by atoms with Crippen molar-refractivity contribution in [2.45, 2.75) is 64.1 Å². The fourth-order valence-corrected chi connectivity index (χ4v) is 3.10. The van der Waals surface area contributed by atoms with Crippen molar-refractivity contribution in [1.29, 1.82) is 0 Å². The number of halogens is 1. The van der Waals surface area contributed by atoms with Gasteiger partial charge in [-0.25, -0.2) is 4.79 Å². The Labute approximate surface area is 143 Å². The first-order valence-corrected chi connectivity index (χ1v) is 8.64. The molecular weight excluding hydrogens is 312 g/mol. The third-order valence-electron chi connectivity index (χ3n) is 4.11. The molecule has 0 spiro atoms. The second kappa shape index (κ2) is 7.54. The lowest BCUT2D eigenvalue weighted by Crippen LogP contribution is -2.50. The van der Waals surface area contributed by atoms with Crippen molar-refractivity contribution in [3.63, 3.8) is 0 Å². The van der Waals surface area contributed by atoms with Crippen molar-refractivity contribution >= 4 is 17.7 Å². The molecule has 2 N–H and O–H groups in total. The smallest absolute Gasteiger partial charge is 0.410 e. The van der Waals surface area contributed by atoms with Crippen LogP contribution in [0.5, 0.6) is 0 Å². The Morgan fingerprint density at radius 2 is 1.96 bits per heavy atom. The third-order valence-corrected chi connectivity index (χ3v) is 4.37. The van der Waals surface area contributed by atoms with E-state index in [2.05, 4.69) is 0 Å². The van der Waals surface area contributed by atoms with E-state index in [1.54, 1.807) is 0 Å². The molecule has 2 atom stereocenters. The molecule has 2 unspecified atom stereocenters. The molecule has 1 aliphatic rings. The number of nitrogens with zero attached hydrogens (tertiary/aromatic N) is 1. The van der Waals surface area contributed by atoms with E-state index < -0.39 is 5.60 Å². The first-order chi connectivity index (χ1) is 10.8. The molecule has 128 valence electrons. The zero-order valence-corrected chi connectivity index (χ0v) is 15.0. The predicted octanol–water partition coefficient (Wildman–Crippen LogP) is 4.00. The second-order valence-electron chi connectivity index (χ2n) is 7.21. The number of rotatable bonds is 4. The number of benzene rings is 1. The summed E-state index contributed by atoms with van der Waals surface area (Å²) in [7, 11) is 0. The first kappa shape index (κ1) is 18.1. The average molecular weight is 339 g/mol. The molecular formula is C18H27ClN2O2. The molecule has 0 radical (unpaired) electrons. The fraction of sp³-hybridized carbons (Fsp3) is 0.611. The highest BCUT2D eigenvalue weighted by Gasteiger charge is 2.34. The summed E-state index contributed by atoms with van der Waals surface area (Å²) in [5, 5.41) is 0.718. The lowest BCUT2D eigenvalue weighted by Gasteiger charge is -2.33. The molecule has 5 heteroatoms. The zero-order chi connectivity index (χ0) is 17.0. The Morgan fingerprint density at radius 1 is 1.30 bits per heavy atom. The van der Waals surface area contributed by atoms with Crippen LogP contribution in [0.15, 0.2) is 24.3 Å². The number of hydrogen-bond donors (Lipinski definition) is 1. The van der Waals surface area contributed by atoms with E-state index in [0.29, 0.717) is 6.54 Å².